The number of nitrogens with zero attached hydrogens (tertiary/aromatic N) is 3. The van der Waals surface area contributed by atoms with E-state index in [-0.39, 0.29) is 6.10 Å². The van der Waals surface area contributed by atoms with Gasteiger partial charge in [-0.05, 0) is 43.5 Å². The molecule has 0 amide bonds. The molecule has 2 aromatic carbocycles. The van der Waals surface area contributed by atoms with Crippen molar-refractivity contribution in [1.82, 2.24) is 9.88 Å². The third-order valence-corrected chi connectivity index (χ3v) is 5.47. The molecule has 5 nitrogen and oxygen atoms in total. The number of rotatable bonds is 5. The van der Waals surface area contributed by atoms with Crippen molar-refractivity contribution in [2.75, 3.05) is 20.2 Å². The molecule has 0 aliphatic carbocycles. The van der Waals surface area contributed by atoms with Gasteiger partial charge in [-0.3, -0.25) is 4.90 Å². The highest BCUT2D eigenvalue weighted by Gasteiger charge is 2.22. The minimum Gasteiger partial charge on any atom is -0.494 e. The maximum absolute atomic E-state index is 9.30. The number of methoxy groups -OCH3 is 1. The van der Waals surface area contributed by atoms with Gasteiger partial charge >= 0.3 is 0 Å². The van der Waals surface area contributed by atoms with Crippen LogP contribution in [0.3, 0.4) is 0 Å². The molecule has 0 radical (unpaired) electrons. The minimum absolute atomic E-state index is 0.175. The summed E-state index contributed by atoms with van der Waals surface area (Å²) in [5.74, 6) is 1.64. The van der Waals surface area contributed by atoms with Crippen molar-refractivity contribution in [3.05, 3.63) is 65.4 Å². The van der Waals surface area contributed by atoms with Crippen LogP contribution in [0.2, 0.25) is 0 Å². The van der Waals surface area contributed by atoms with Gasteiger partial charge in [0.25, 0.3) is 0 Å². The molecule has 0 unspecified atom stereocenters. The molecule has 1 saturated heterocycles. The van der Waals surface area contributed by atoms with Crippen molar-refractivity contribution in [2.45, 2.75) is 32.4 Å². The second-order valence-electron chi connectivity index (χ2n) is 7.48. The molecule has 0 bridgehead atoms. The molecular formula is C24H25N3O2. The molecule has 29 heavy (non-hydrogen) atoms. The molecule has 1 aliphatic rings. The van der Waals surface area contributed by atoms with Crippen molar-refractivity contribution < 1.29 is 9.47 Å². The summed E-state index contributed by atoms with van der Waals surface area (Å²) in [4.78, 5) is 7.03. The standard InChI is InChI=1S/C24H25N3O2/c1-17-14-23(21-8-5-9-22(28-2)24(21)26-17)29-20-10-12-27(13-11-20)16-19-7-4-3-6-18(19)15-25/h3-9,14,20H,10-13,16H2,1-2H3. The predicted molar refractivity (Wildman–Crippen MR) is 113 cm³/mol. The predicted octanol–water partition coefficient (Wildman–Crippen LogP) is 4.47. The first-order valence-corrected chi connectivity index (χ1v) is 9.99. The van der Waals surface area contributed by atoms with Crippen molar-refractivity contribution in [3.8, 4) is 17.6 Å². The number of benzene rings is 2. The fourth-order valence-corrected chi connectivity index (χ4v) is 3.95. The topological polar surface area (TPSA) is 58.4 Å². The Hall–Kier alpha value is -3.10. The molecule has 148 valence electrons. The molecule has 2 heterocycles. The van der Waals surface area contributed by atoms with Gasteiger partial charge in [-0.15, -0.1) is 0 Å². The van der Waals surface area contributed by atoms with E-state index in [4.69, 9.17) is 9.47 Å². The van der Waals surface area contributed by atoms with Crippen molar-refractivity contribution >= 4 is 10.9 Å². The van der Waals surface area contributed by atoms with Crippen LogP contribution in [-0.4, -0.2) is 36.2 Å². The Kier molecular flexibility index (Phi) is 5.64. The average molecular weight is 387 g/mol. The number of aryl methyl sites for hydroxylation is 1. The Labute approximate surface area is 171 Å². The van der Waals surface area contributed by atoms with Gasteiger partial charge < -0.3 is 9.47 Å². The summed E-state index contributed by atoms with van der Waals surface area (Å²) in [5, 5.41) is 10.3. The Balaban J connectivity index is 1.45. The van der Waals surface area contributed by atoms with Gasteiger partial charge in [-0.1, -0.05) is 24.3 Å². The number of likely N-dealkylation sites (tertiary alicyclic amines) is 1. The monoisotopic (exact) mass is 387 g/mol. The lowest BCUT2D eigenvalue weighted by Crippen LogP contribution is -2.38. The normalized spacial score (nSPS) is 15.2. The highest BCUT2D eigenvalue weighted by Crippen LogP contribution is 2.33. The summed E-state index contributed by atoms with van der Waals surface area (Å²) < 4.78 is 11.9. The number of aromatic nitrogens is 1. The number of para-hydroxylation sites is 1. The van der Waals surface area contributed by atoms with Gasteiger partial charge in [-0.25, -0.2) is 4.98 Å². The number of nitriles is 1. The van der Waals surface area contributed by atoms with E-state index in [9.17, 15) is 5.26 Å². The molecular weight excluding hydrogens is 362 g/mol. The second-order valence-corrected chi connectivity index (χ2v) is 7.48. The quantitative estimate of drug-likeness (QED) is 0.647. The maximum Gasteiger partial charge on any atom is 0.145 e. The van der Waals surface area contributed by atoms with Crippen LogP contribution in [-0.2, 0) is 6.54 Å². The van der Waals surface area contributed by atoms with Gasteiger partial charge in [0, 0.05) is 36.8 Å². The third-order valence-electron chi connectivity index (χ3n) is 5.47. The Morgan fingerprint density at radius 2 is 1.90 bits per heavy atom. The summed E-state index contributed by atoms with van der Waals surface area (Å²) in [7, 11) is 1.67. The third kappa shape index (κ3) is 4.18. The summed E-state index contributed by atoms with van der Waals surface area (Å²) in [6.07, 6.45) is 2.09. The molecule has 0 N–H and O–H groups in total. The van der Waals surface area contributed by atoms with Crippen LogP contribution >= 0.6 is 0 Å². The summed E-state index contributed by atoms with van der Waals surface area (Å²) >= 11 is 0. The van der Waals surface area contributed by atoms with E-state index >= 15 is 0 Å². The van der Waals surface area contributed by atoms with Crippen LogP contribution in [0.1, 0.15) is 29.7 Å². The van der Waals surface area contributed by atoms with E-state index in [1.54, 1.807) is 7.11 Å². The highest BCUT2D eigenvalue weighted by molar-refractivity contribution is 5.90. The summed E-state index contributed by atoms with van der Waals surface area (Å²) in [6.45, 7) is 4.70. The van der Waals surface area contributed by atoms with Crippen LogP contribution in [0.5, 0.6) is 11.5 Å². The minimum atomic E-state index is 0.175. The van der Waals surface area contributed by atoms with E-state index in [1.165, 1.54) is 0 Å². The van der Waals surface area contributed by atoms with E-state index in [0.717, 1.165) is 71.7 Å². The molecule has 0 saturated carbocycles. The molecule has 0 spiro atoms. The lowest BCUT2D eigenvalue weighted by atomic mass is 10.0. The van der Waals surface area contributed by atoms with Crippen molar-refractivity contribution in [2.24, 2.45) is 0 Å². The van der Waals surface area contributed by atoms with Gasteiger partial charge in [0.1, 0.15) is 23.1 Å². The number of hydrogen-bond acceptors (Lipinski definition) is 5. The van der Waals surface area contributed by atoms with E-state index in [2.05, 4.69) is 16.0 Å². The smallest absolute Gasteiger partial charge is 0.145 e. The van der Waals surface area contributed by atoms with Crippen LogP contribution in [0.15, 0.2) is 48.5 Å². The Morgan fingerprint density at radius 1 is 1.10 bits per heavy atom. The first-order valence-electron chi connectivity index (χ1n) is 9.99. The van der Waals surface area contributed by atoms with Crippen molar-refractivity contribution in [1.29, 1.82) is 5.26 Å². The van der Waals surface area contributed by atoms with Gasteiger partial charge in [0.05, 0.1) is 18.7 Å². The largest absolute Gasteiger partial charge is 0.494 e. The zero-order valence-corrected chi connectivity index (χ0v) is 16.9. The zero-order valence-electron chi connectivity index (χ0n) is 16.9. The number of ether oxygens (including phenoxy) is 2. The molecule has 1 fully saturated rings. The van der Waals surface area contributed by atoms with Crippen LogP contribution < -0.4 is 9.47 Å². The fraction of sp³-hybridized carbons (Fsp3) is 0.333. The first-order chi connectivity index (χ1) is 14.2. The van der Waals surface area contributed by atoms with Crippen LogP contribution in [0, 0.1) is 18.3 Å². The number of pyridine rings is 1. The van der Waals surface area contributed by atoms with E-state index in [0.29, 0.717) is 0 Å². The van der Waals surface area contributed by atoms with E-state index in [1.807, 2.05) is 55.5 Å². The molecule has 5 heteroatoms. The van der Waals surface area contributed by atoms with Gasteiger partial charge in [-0.2, -0.15) is 5.26 Å². The van der Waals surface area contributed by atoms with Gasteiger partial charge in [0.2, 0.25) is 0 Å². The summed E-state index contributed by atoms with van der Waals surface area (Å²) in [5.41, 5.74) is 3.62. The molecule has 1 aliphatic heterocycles. The Morgan fingerprint density at radius 3 is 2.66 bits per heavy atom. The molecule has 0 atom stereocenters. The second kappa shape index (κ2) is 8.50. The van der Waals surface area contributed by atoms with E-state index < -0.39 is 0 Å². The van der Waals surface area contributed by atoms with Crippen LogP contribution in [0.4, 0.5) is 0 Å². The highest BCUT2D eigenvalue weighted by atomic mass is 16.5. The number of piperidine rings is 1. The Bertz CT molecular complexity index is 1050. The lowest BCUT2D eigenvalue weighted by Gasteiger charge is -2.32. The average Bonchev–Trinajstić information content (AvgIpc) is 2.75. The SMILES string of the molecule is COc1cccc2c(OC3CCN(Cc4ccccc4C#N)CC3)cc(C)nc12. The van der Waals surface area contributed by atoms with Crippen LogP contribution in [0.25, 0.3) is 10.9 Å². The maximum atomic E-state index is 9.30. The molecule has 1 aromatic heterocycles. The summed E-state index contributed by atoms with van der Waals surface area (Å²) in [6, 6.07) is 18.1. The number of hydrogen-bond donors (Lipinski definition) is 0. The molecule has 3 aromatic rings. The lowest BCUT2D eigenvalue weighted by molar-refractivity contribution is 0.0978. The molecule has 4 rings (SSSR count). The van der Waals surface area contributed by atoms with Crippen molar-refractivity contribution in [3.63, 3.8) is 0 Å². The fourth-order valence-electron chi connectivity index (χ4n) is 3.95. The van der Waals surface area contributed by atoms with Gasteiger partial charge in [0.15, 0.2) is 0 Å². The first kappa shape index (κ1) is 19.2. The number of fused-ring (bicyclic) bond motifs is 1. The zero-order chi connectivity index (χ0) is 20.2.